The van der Waals surface area contributed by atoms with E-state index in [1.807, 2.05) is 32.2 Å². The van der Waals surface area contributed by atoms with E-state index in [0.717, 1.165) is 35.5 Å². The van der Waals surface area contributed by atoms with Gasteiger partial charge in [-0.05, 0) is 31.5 Å². The average Bonchev–Trinajstić information content (AvgIpc) is 2.28. The lowest BCUT2D eigenvalue weighted by molar-refractivity contribution is 0.154. The normalized spacial score (nSPS) is 12.5. The maximum atomic E-state index is 9.54. The number of hydrogen-bond donors (Lipinski definition) is 1. The van der Waals surface area contributed by atoms with E-state index in [-0.39, 0.29) is 0 Å². The summed E-state index contributed by atoms with van der Waals surface area (Å²) in [5.74, 6) is 0. The Morgan fingerprint density at radius 2 is 2.18 bits per heavy atom. The standard InChI is InChI=1S/C13H20BrNO2/c1-4-17-8-7-15(3)11-5-6-12(10(2)16)13(14)9-11/h5-6,9-10,16H,4,7-8H2,1-3H3. The van der Waals surface area contributed by atoms with Gasteiger partial charge in [0.05, 0.1) is 12.7 Å². The van der Waals surface area contributed by atoms with Gasteiger partial charge in [-0.2, -0.15) is 0 Å². The molecule has 0 spiro atoms. The fourth-order valence-corrected chi connectivity index (χ4v) is 2.27. The van der Waals surface area contributed by atoms with E-state index < -0.39 is 6.10 Å². The van der Waals surface area contributed by atoms with Gasteiger partial charge in [0.1, 0.15) is 0 Å². The Morgan fingerprint density at radius 3 is 2.71 bits per heavy atom. The molecule has 0 radical (unpaired) electrons. The molecule has 1 unspecified atom stereocenters. The van der Waals surface area contributed by atoms with E-state index in [2.05, 4.69) is 20.8 Å². The summed E-state index contributed by atoms with van der Waals surface area (Å²) in [4.78, 5) is 2.13. The summed E-state index contributed by atoms with van der Waals surface area (Å²) in [7, 11) is 2.03. The second-order valence-electron chi connectivity index (χ2n) is 4.00. The van der Waals surface area contributed by atoms with Crippen molar-refractivity contribution in [2.45, 2.75) is 20.0 Å². The van der Waals surface area contributed by atoms with Gasteiger partial charge in [-0.15, -0.1) is 0 Å². The quantitative estimate of drug-likeness (QED) is 0.820. The van der Waals surface area contributed by atoms with Gasteiger partial charge in [0.2, 0.25) is 0 Å². The molecule has 0 fully saturated rings. The van der Waals surface area contributed by atoms with Gasteiger partial charge in [-0.1, -0.05) is 22.0 Å². The van der Waals surface area contributed by atoms with Crippen molar-refractivity contribution in [3.05, 3.63) is 28.2 Å². The van der Waals surface area contributed by atoms with E-state index >= 15 is 0 Å². The van der Waals surface area contributed by atoms with Crippen LogP contribution < -0.4 is 4.90 Å². The number of aliphatic hydroxyl groups excluding tert-OH is 1. The van der Waals surface area contributed by atoms with E-state index in [1.165, 1.54) is 0 Å². The minimum atomic E-state index is -0.452. The third-order valence-corrected chi connectivity index (χ3v) is 3.34. The Bertz CT molecular complexity index is 355. The molecule has 0 aliphatic carbocycles. The van der Waals surface area contributed by atoms with Crippen molar-refractivity contribution in [3.8, 4) is 0 Å². The summed E-state index contributed by atoms with van der Waals surface area (Å²) >= 11 is 3.48. The predicted octanol–water partition coefficient (Wildman–Crippen LogP) is 2.98. The number of halogens is 1. The van der Waals surface area contributed by atoms with Gasteiger partial charge < -0.3 is 14.7 Å². The molecular formula is C13H20BrNO2. The molecule has 0 aromatic heterocycles. The molecule has 4 heteroatoms. The van der Waals surface area contributed by atoms with Crippen molar-refractivity contribution in [3.63, 3.8) is 0 Å². The number of benzene rings is 1. The second-order valence-corrected chi connectivity index (χ2v) is 4.85. The summed E-state index contributed by atoms with van der Waals surface area (Å²) in [6, 6.07) is 5.98. The highest BCUT2D eigenvalue weighted by Gasteiger charge is 2.08. The highest BCUT2D eigenvalue weighted by atomic mass is 79.9. The molecule has 0 amide bonds. The summed E-state index contributed by atoms with van der Waals surface area (Å²) < 4.78 is 6.26. The van der Waals surface area contributed by atoms with Crippen molar-refractivity contribution in [1.82, 2.24) is 0 Å². The van der Waals surface area contributed by atoms with Crippen molar-refractivity contribution in [1.29, 1.82) is 0 Å². The van der Waals surface area contributed by atoms with Gasteiger partial charge in [-0.25, -0.2) is 0 Å². The van der Waals surface area contributed by atoms with Crippen LogP contribution >= 0.6 is 15.9 Å². The number of rotatable bonds is 6. The highest BCUT2D eigenvalue weighted by molar-refractivity contribution is 9.10. The van der Waals surface area contributed by atoms with Gasteiger partial charge >= 0.3 is 0 Å². The Hall–Kier alpha value is -0.580. The zero-order chi connectivity index (χ0) is 12.8. The summed E-state index contributed by atoms with van der Waals surface area (Å²) in [5, 5.41) is 9.54. The third-order valence-electron chi connectivity index (χ3n) is 2.65. The van der Waals surface area contributed by atoms with Crippen LogP contribution in [0.15, 0.2) is 22.7 Å². The SMILES string of the molecule is CCOCCN(C)c1ccc(C(C)O)c(Br)c1. The van der Waals surface area contributed by atoms with E-state index in [9.17, 15) is 5.11 Å². The Labute approximate surface area is 112 Å². The first-order chi connectivity index (χ1) is 8.06. The first-order valence-corrected chi connectivity index (χ1v) is 6.62. The molecule has 0 bridgehead atoms. The van der Waals surface area contributed by atoms with Crippen LogP contribution in [0.5, 0.6) is 0 Å². The number of nitrogens with zero attached hydrogens (tertiary/aromatic N) is 1. The fraction of sp³-hybridized carbons (Fsp3) is 0.538. The molecule has 1 aromatic rings. The second kappa shape index (κ2) is 6.99. The molecule has 1 rings (SSSR count). The van der Waals surface area contributed by atoms with Crippen LogP contribution in [0.4, 0.5) is 5.69 Å². The minimum Gasteiger partial charge on any atom is -0.389 e. The zero-order valence-corrected chi connectivity index (χ0v) is 12.2. The van der Waals surface area contributed by atoms with Crippen LogP contribution in [-0.2, 0) is 4.74 Å². The van der Waals surface area contributed by atoms with Gasteiger partial charge in [0, 0.05) is 30.4 Å². The number of likely N-dealkylation sites (N-methyl/N-ethyl adjacent to an activating group) is 1. The minimum absolute atomic E-state index is 0.452. The Balaban J connectivity index is 2.69. The van der Waals surface area contributed by atoms with Crippen LogP contribution in [0.1, 0.15) is 25.5 Å². The molecule has 1 atom stereocenters. The molecule has 0 aliphatic heterocycles. The lowest BCUT2D eigenvalue weighted by Gasteiger charge is -2.20. The number of anilines is 1. The van der Waals surface area contributed by atoms with Crippen LogP contribution in [0.3, 0.4) is 0 Å². The fourth-order valence-electron chi connectivity index (χ4n) is 1.57. The van der Waals surface area contributed by atoms with Crippen molar-refractivity contribution in [2.24, 2.45) is 0 Å². The van der Waals surface area contributed by atoms with Crippen molar-refractivity contribution < 1.29 is 9.84 Å². The Kier molecular flexibility index (Phi) is 5.95. The van der Waals surface area contributed by atoms with E-state index in [4.69, 9.17) is 4.74 Å². The third kappa shape index (κ3) is 4.30. The van der Waals surface area contributed by atoms with Crippen LogP contribution in [0.2, 0.25) is 0 Å². The molecular weight excluding hydrogens is 282 g/mol. The number of hydrogen-bond acceptors (Lipinski definition) is 3. The lowest BCUT2D eigenvalue weighted by Crippen LogP contribution is -2.22. The summed E-state index contributed by atoms with van der Waals surface area (Å²) in [5.41, 5.74) is 2.02. The molecule has 0 saturated heterocycles. The summed E-state index contributed by atoms with van der Waals surface area (Å²) in [6.45, 7) is 6.09. The zero-order valence-electron chi connectivity index (χ0n) is 10.6. The monoisotopic (exact) mass is 301 g/mol. The van der Waals surface area contributed by atoms with Crippen molar-refractivity contribution in [2.75, 3.05) is 31.7 Å². The topological polar surface area (TPSA) is 32.7 Å². The average molecular weight is 302 g/mol. The largest absolute Gasteiger partial charge is 0.389 e. The predicted molar refractivity (Wildman–Crippen MR) is 74.5 cm³/mol. The van der Waals surface area contributed by atoms with Crippen LogP contribution in [0, 0.1) is 0 Å². The lowest BCUT2D eigenvalue weighted by atomic mass is 10.1. The summed E-state index contributed by atoms with van der Waals surface area (Å²) in [6.07, 6.45) is -0.452. The highest BCUT2D eigenvalue weighted by Crippen LogP contribution is 2.27. The molecule has 96 valence electrons. The van der Waals surface area contributed by atoms with E-state index in [0.29, 0.717) is 0 Å². The molecule has 3 nitrogen and oxygen atoms in total. The first kappa shape index (κ1) is 14.5. The maximum Gasteiger partial charge on any atom is 0.0772 e. The Morgan fingerprint density at radius 1 is 1.47 bits per heavy atom. The van der Waals surface area contributed by atoms with Crippen LogP contribution in [0.25, 0.3) is 0 Å². The number of aliphatic hydroxyl groups is 1. The molecule has 1 aromatic carbocycles. The first-order valence-electron chi connectivity index (χ1n) is 5.82. The van der Waals surface area contributed by atoms with Gasteiger partial charge in [-0.3, -0.25) is 0 Å². The molecule has 0 saturated carbocycles. The smallest absolute Gasteiger partial charge is 0.0772 e. The van der Waals surface area contributed by atoms with Crippen molar-refractivity contribution >= 4 is 21.6 Å². The number of ether oxygens (including phenoxy) is 1. The molecule has 17 heavy (non-hydrogen) atoms. The molecule has 1 N–H and O–H groups in total. The molecule has 0 heterocycles. The van der Waals surface area contributed by atoms with Crippen LogP contribution in [-0.4, -0.2) is 31.9 Å². The van der Waals surface area contributed by atoms with Gasteiger partial charge in [0.25, 0.3) is 0 Å². The van der Waals surface area contributed by atoms with E-state index in [1.54, 1.807) is 6.92 Å². The van der Waals surface area contributed by atoms with Gasteiger partial charge in [0.15, 0.2) is 0 Å². The molecule has 0 aliphatic rings. The maximum absolute atomic E-state index is 9.54.